The van der Waals surface area contributed by atoms with Crippen LogP contribution >= 0.6 is 0 Å². The molecule has 1 unspecified atom stereocenters. The lowest BCUT2D eigenvalue weighted by Gasteiger charge is -2.33. The van der Waals surface area contributed by atoms with Gasteiger partial charge in [0.2, 0.25) is 0 Å². The molecule has 0 amide bonds. The zero-order chi connectivity index (χ0) is 11.5. The lowest BCUT2D eigenvalue weighted by molar-refractivity contribution is 0.154. The van der Waals surface area contributed by atoms with Crippen LogP contribution in [-0.4, -0.2) is 29.4 Å². The van der Waals surface area contributed by atoms with E-state index in [1.807, 2.05) is 18.2 Å². The lowest BCUT2D eigenvalue weighted by Crippen LogP contribution is -2.38. The summed E-state index contributed by atoms with van der Waals surface area (Å²) in [6, 6.07) is 6.00. The van der Waals surface area contributed by atoms with Crippen molar-refractivity contribution in [1.29, 1.82) is 0 Å². The number of piperidine rings is 1. The predicted octanol–water partition coefficient (Wildman–Crippen LogP) is 1.45. The van der Waals surface area contributed by atoms with Crippen LogP contribution in [0.4, 0.5) is 5.69 Å². The van der Waals surface area contributed by atoms with E-state index < -0.39 is 0 Å². The number of benzene rings is 1. The Labute approximate surface area is 96.3 Å². The largest absolute Gasteiger partial charge is 0.392 e. The number of aliphatic hydroxyl groups excluding tert-OH is 2. The third-order valence-electron chi connectivity index (χ3n) is 3.18. The van der Waals surface area contributed by atoms with E-state index in [-0.39, 0.29) is 12.7 Å². The van der Waals surface area contributed by atoms with Gasteiger partial charge < -0.3 is 15.1 Å². The van der Waals surface area contributed by atoms with Crippen molar-refractivity contribution in [2.45, 2.75) is 32.5 Å². The topological polar surface area (TPSA) is 43.7 Å². The van der Waals surface area contributed by atoms with Gasteiger partial charge in [-0.15, -0.1) is 0 Å². The van der Waals surface area contributed by atoms with Gasteiger partial charge in [0.05, 0.1) is 12.7 Å². The fraction of sp³-hybridized carbons (Fsp3) is 0.538. The third-order valence-corrected chi connectivity index (χ3v) is 3.18. The molecule has 1 aromatic rings. The number of hydrogen-bond donors (Lipinski definition) is 2. The summed E-state index contributed by atoms with van der Waals surface area (Å²) in [6.07, 6.45) is 1.75. The Morgan fingerprint density at radius 2 is 2.25 bits per heavy atom. The first-order valence-corrected chi connectivity index (χ1v) is 5.84. The van der Waals surface area contributed by atoms with Crippen LogP contribution in [0.2, 0.25) is 0 Å². The minimum Gasteiger partial charge on any atom is -0.392 e. The van der Waals surface area contributed by atoms with Crippen molar-refractivity contribution in [1.82, 2.24) is 0 Å². The van der Waals surface area contributed by atoms with Crippen molar-refractivity contribution in [2.75, 3.05) is 18.0 Å². The van der Waals surface area contributed by atoms with E-state index in [2.05, 4.69) is 11.8 Å². The lowest BCUT2D eigenvalue weighted by atomic mass is 10.0. The molecule has 0 aromatic heterocycles. The molecule has 1 heterocycles. The van der Waals surface area contributed by atoms with Crippen LogP contribution < -0.4 is 4.90 Å². The van der Waals surface area contributed by atoms with Crippen molar-refractivity contribution in [2.24, 2.45) is 0 Å². The summed E-state index contributed by atoms with van der Waals surface area (Å²) in [6.45, 7) is 3.87. The molecule has 0 bridgehead atoms. The molecule has 88 valence electrons. The van der Waals surface area contributed by atoms with E-state index in [1.54, 1.807) is 0 Å². The number of aliphatic hydroxyl groups is 2. The predicted molar refractivity (Wildman–Crippen MR) is 64.6 cm³/mol. The molecule has 16 heavy (non-hydrogen) atoms. The highest BCUT2D eigenvalue weighted by Crippen LogP contribution is 2.24. The molecule has 1 aliphatic heterocycles. The number of hydrogen-bond acceptors (Lipinski definition) is 3. The van der Waals surface area contributed by atoms with E-state index in [0.29, 0.717) is 0 Å². The van der Waals surface area contributed by atoms with Crippen LogP contribution in [-0.2, 0) is 6.61 Å². The fourth-order valence-electron chi connectivity index (χ4n) is 2.34. The quantitative estimate of drug-likeness (QED) is 0.794. The second-order valence-corrected chi connectivity index (χ2v) is 4.52. The Balaban J connectivity index is 2.19. The van der Waals surface area contributed by atoms with Crippen LogP contribution in [0, 0.1) is 6.92 Å². The smallest absolute Gasteiger partial charge is 0.0715 e. The van der Waals surface area contributed by atoms with Crippen LogP contribution in [0.3, 0.4) is 0 Å². The summed E-state index contributed by atoms with van der Waals surface area (Å²) in [4.78, 5) is 2.23. The van der Waals surface area contributed by atoms with Gasteiger partial charge in [0, 0.05) is 18.8 Å². The molecule has 2 rings (SSSR count). The molecule has 1 aromatic carbocycles. The molecule has 0 spiro atoms. The number of rotatable bonds is 2. The van der Waals surface area contributed by atoms with E-state index in [0.717, 1.165) is 31.5 Å². The Morgan fingerprint density at radius 1 is 1.44 bits per heavy atom. The second kappa shape index (κ2) is 4.85. The minimum atomic E-state index is -0.203. The Hall–Kier alpha value is -1.06. The summed E-state index contributed by atoms with van der Waals surface area (Å²) < 4.78 is 0. The van der Waals surface area contributed by atoms with E-state index in [4.69, 9.17) is 5.11 Å². The molecule has 3 heteroatoms. The van der Waals surface area contributed by atoms with Gasteiger partial charge in [0.15, 0.2) is 0 Å². The molecule has 3 nitrogen and oxygen atoms in total. The highest BCUT2D eigenvalue weighted by atomic mass is 16.3. The number of anilines is 1. The standard InChI is InChI=1S/C13H19NO2/c1-10-7-11(9-15)4-5-13(10)14-6-2-3-12(16)8-14/h4-5,7,12,15-16H,2-3,6,8-9H2,1H3. The molecule has 2 N–H and O–H groups in total. The number of β-amino-alcohol motifs (C(OH)–C–C–N with tert-alkyl or cyclic N) is 1. The normalized spacial score (nSPS) is 21.2. The first kappa shape index (κ1) is 11.4. The molecule has 0 saturated carbocycles. The molecule has 0 radical (unpaired) electrons. The summed E-state index contributed by atoms with van der Waals surface area (Å²) >= 11 is 0. The maximum atomic E-state index is 9.65. The van der Waals surface area contributed by atoms with Gasteiger partial charge in [-0.25, -0.2) is 0 Å². The molecule has 1 aliphatic rings. The maximum absolute atomic E-state index is 9.65. The van der Waals surface area contributed by atoms with Crippen LogP contribution in [0.15, 0.2) is 18.2 Å². The molecule has 1 atom stereocenters. The highest BCUT2D eigenvalue weighted by molar-refractivity contribution is 5.54. The summed E-state index contributed by atoms with van der Waals surface area (Å²) in [5, 5.41) is 18.7. The number of aryl methyl sites for hydroxylation is 1. The van der Waals surface area contributed by atoms with E-state index >= 15 is 0 Å². The van der Waals surface area contributed by atoms with Gasteiger partial charge in [-0.3, -0.25) is 0 Å². The Morgan fingerprint density at radius 3 is 2.88 bits per heavy atom. The average Bonchev–Trinajstić information content (AvgIpc) is 2.28. The van der Waals surface area contributed by atoms with Gasteiger partial charge in [0.25, 0.3) is 0 Å². The molecular formula is C13H19NO2. The summed E-state index contributed by atoms with van der Waals surface area (Å²) in [5.74, 6) is 0. The number of nitrogens with zero attached hydrogens (tertiary/aromatic N) is 1. The van der Waals surface area contributed by atoms with E-state index in [9.17, 15) is 5.11 Å². The Bertz CT molecular complexity index is 365. The molecule has 0 aliphatic carbocycles. The third kappa shape index (κ3) is 2.36. The van der Waals surface area contributed by atoms with Crippen molar-refractivity contribution >= 4 is 5.69 Å². The van der Waals surface area contributed by atoms with Crippen molar-refractivity contribution in [3.05, 3.63) is 29.3 Å². The van der Waals surface area contributed by atoms with Crippen molar-refractivity contribution in [3.8, 4) is 0 Å². The highest BCUT2D eigenvalue weighted by Gasteiger charge is 2.18. The van der Waals surface area contributed by atoms with Crippen LogP contribution in [0.5, 0.6) is 0 Å². The van der Waals surface area contributed by atoms with Gasteiger partial charge in [-0.05, 0) is 37.0 Å². The van der Waals surface area contributed by atoms with E-state index in [1.165, 1.54) is 11.3 Å². The van der Waals surface area contributed by atoms with Crippen LogP contribution in [0.1, 0.15) is 24.0 Å². The summed E-state index contributed by atoms with van der Waals surface area (Å²) in [5.41, 5.74) is 3.29. The average molecular weight is 221 g/mol. The zero-order valence-corrected chi connectivity index (χ0v) is 9.69. The van der Waals surface area contributed by atoms with Gasteiger partial charge in [-0.1, -0.05) is 12.1 Å². The van der Waals surface area contributed by atoms with Crippen molar-refractivity contribution < 1.29 is 10.2 Å². The first-order chi connectivity index (χ1) is 7.70. The second-order valence-electron chi connectivity index (χ2n) is 4.52. The fourth-order valence-corrected chi connectivity index (χ4v) is 2.34. The molecule has 1 fully saturated rings. The van der Waals surface area contributed by atoms with Gasteiger partial charge >= 0.3 is 0 Å². The Kier molecular flexibility index (Phi) is 3.46. The van der Waals surface area contributed by atoms with Gasteiger partial charge in [0.1, 0.15) is 0 Å². The molecule has 1 saturated heterocycles. The van der Waals surface area contributed by atoms with Gasteiger partial charge in [-0.2, -0.15) is 0 Å². The SMILES string of the molecule is Cc1cc(CO)ccc1N1CCCC(O)C1. The summed E-state index contributed by atoms with van der Waals surface area (Å²) in [7, 11) is 0. The maximum Gasteiger partial charge on any atom is 0.0715 e. The van der Waals surface area contributed by atoms with Crippen LogP contribution in [0.25, 0.3) is 0 Å². The first-order valence-electron chi connectivity index (χ1n) is 5.84. The molecular weight excluding hydrogens is 202 g/mol. The zero-order valence-electron chi connectivity index (χ0n) is 9.69. The van der Waals surface area contributed by atoms with Crippen molar-refractivity contribution in [3.63, 3.8) is 0 Å². The monoisotopic (exact) mass is 221 g/mol. The minimum absolute atomic E-state index is 0.0870.